The minimum absolute atomic E-state index is 0.0846. The zero-order chi connectivity index (χ0) is 13.1. The second kappa shape index (κ2) is 5.49. The van der Waals surface area contributed by atoms with E-state index in [0.29, 0.717) is 12.5 Å². The molecule has 1 fully saturated rings. The molecule has 1 unspecified atom stereocenters. The molecular weight excluding hydrogens is 220 g/mol. The molecule has 17 heavy (non-hydrogen) atoms. The highest BCUT2D eigenvalue weighted by molar-refractivity contribution is 5.84. The molecule has 5 heteroatoms. The van der Waals surface area contributed by atoms with Gasteiger partial charge >= 0.3 is 5.97 Å². The van der Waals surface area contributed by atoms with Crippen LogP contribution in [-0.2, 0) is 9.59 Å². The van der Waals surface area contributed by atoms with Crippen LogP contribution in [0.4, 0.5) is 0 Å². The van der Waals surface area contributed by atoms with Gasteiger partial charge in [-0.2, -0.15) is 0 Å². The van der Waals surface area contributed by atoms with Crippen molar-refractivity contribution in [1.29, 1.82) is 0 Å². The Morgan fingerprint density at radius 1 is 1.47 bits per heavy atom. The van der Waals surface area contributed by atoms with Gasteiger partial charge in [0, 0.05) is 6.54 Å². The molecule has 98 valence electrons. The van der Waals surface area contributed by atoms with Gasteiger partial charge in [0.25, 0.3) is 0 Å². The fraction of sp³-hybridized carbons (Fsp3) is 0.833. The number of amides is 1. The molecule has 0 aromatic heterocycles. The third-order valence-corrected chi connectivity index (χ3v) is 3.67. The Hall–Kier alpha value is -1.10. The maximum absolute atomic E-state index is 11.5. The number of nitrogens with one attached hydrogen (secondary N) is 1. The molecule has 4 N–H and O–H groups in total. The molecular formula is C12H22N2O3. The van der Waals surface area contributed by atoms with Crippen LogP contribution in [0.15, 0.2) is 0 Å². The number of hydrogen-bond donors (Lipinski definition) is 3. The number of hydrogen-bond acceptors (Lipinski definition) is 3. The largest absolute Gasteiger partial charge is 0.480 e. The maximum atomic E-state index is 11.5. The van der Waals surface area contributed by atoms with Crippen molar-refractivity contribution in [2.75, 3.05) is 6.54 Å². The summed E-state index contributed by atoms with van der Waals surface area (Å²) in [6.45, 7) is 4.85. The number of carbonyl (C=O) groups excluding carboxylic acids is 1. The molecule has 0 aromatic rings. The van der Waals surface area contributed by atoms with Crippen molar-refractivity contribution in [1.82, 2.24) is 5.32 Å². The van der Waals surface area contributed by atoms with Crippen LogP contribution in [0.3, 0.4) is 0 Å². The molecule has 0 bridgehead atoms. The summed E-state index contributed by atoms with van der Waals surface area (Å²) in [4.78, 5) is 22.0. The molecule has 0 spiro atoms. The minimum atomic E-state index is -1.14. The van der Waals surface area contributed by atoms with Gasteiger partial charge in [-0.25, -0.2) is 0 Å². The van der Waals surface area contributed by atoms with E-state index in [1.807, 2.05) is 0 Å². The van der Waals surface area contributed by atoms with Gasteiger partial charge in [-0.1, -0.05) is 20.3 Å². The summed E-state index contributed by atoms with van der Waals surface area (Å²) in [5.74, 6) is -0.762. The van der Waals surface area contributed by atoms with Crippen LogP contribution >= 0.6 is 0 Å². The van der Waals surface area contributed by atoms with Gasteiger partial charge in [-0.15, -0.1) is 0 Å². The summed E-state index contributed by atoms with van der Waals surface area (Å²) >= 11 is 0. The number of aliphatic carboxylic acids is 1. The number of rotatable bonds is 6. The zero-order valence-corrected chi connectivity index (χ0v) is 10.5. The summed E-state index contributed by atoms with van der Waals surface area (Å²) < 4.78 is 0. The number of carboxylic acids is 1. The predicted molar refractivity (Wildman–Crippen MR) is 64.4 cm³/mol. The second-order valence-electron chi connectivity index (χ2n) is 5.54. The van der Waals surface area contributed by atoms with Crippen molar-refractivity contribution in [3.63, 3.8) is 0 Å². The quantitative estimate of drug-likeness (QED) is 0.640. The minimum Gasteiger partial charge on any atom is -0.480 e. The van der Waals surface area contributed by atoms with E-state index >= 15 is 0 Å². The van der Waals surface area contributed by atoms with Gasteiger partial charge in [0.05, 0.1) is 6.42 Å². The van der Waals surface area contributed by atoms with Crippen LogP contribution < -0.4 is 11.1 Å². The molecule has 1 atom stereocenters. The molecule has 0 radical (unpaired) electrons. The lowest BCUT2D eigenvalue weighted by Gasteiger charge is -2.40. The lowest BCUT2D eigenvalue weighted by molar-refractivity contribution is -0.140. The average molecular weight is 242 g/mol. The van der Waals surface area contributed by atoms with E-state index in [-0.39, 0.29) is 17.7 Å². The number of nitrogens with two attached hydrogens (primary N) is 1. The van der Waals surface area contributed by atoms with Gasteiger partial charge in [-0.3, -0.25) is 9.59 Å². The molecule has 1 amide bonds. The molecule has 0 saturated heterocycles. The molecule has 0 heterocycles. The topological polar surface area (TPSA) is 92.4 Å². The van der Waals surface area contributed by atoms with E-state index in [2.05, 4.69) is 19.2 Å². The van der Waals surface area contributed by atoms with Crippen LogP contribution in [0.2, 0.25) is 0 Å². The molecule has 0 aromatic carbocycles. The first-order valence-corrected chi connectivity index (χ1v) is 6.08. The van der Waals surface area contributed by atoms with Crippen LogP contribution in [0.1, 0.15) is 39.5 Å². The standard InChI is InChI=1S/C12H22N2O3/c1-12(2,8-4-3-5-8)7-14-10(15)6-9(13)11(16)17/h8-9H,3-7,13H2,1-2H3,(H,14,15)(H,16,17). The van der Waals surface area contributed by atoms with E-state index in [4.69, 9.17) is 10.8 Å². The Labute approximate surface area is 102 Å². The first-order valence-electron chi connectivity index (χ1n) is 6.08. The van der Waals surface area contributed by atoms with Crippen molar-refractivity contribution >= 4 is 11.9 Å². The van der Waals surface area contributed by atoms with Crippen LogP contribution in [0, 0.1) is 11.3 Å². The molecule has 1 aliphatic carbocycles. The summed E-state index contributed by atoms with van der Waals surface area (Å²) in [5.41, 5.74) is 5.38. The maximum Gasteiger partial charge on any atom is 0.321 e. The normalized spacial score (nSPS) is 18.3. The summed E-state index contributed by atoms with van der Waals surface area (Å²) in [7, 11) is 0. The summed E-state index contributed by atoms with van der Waals surface area (Å²) in [5, 5.41) is 11.4. The first kappa shape index (κ1) is 14.0. The fourth-order valence-electron chi connectivity index (χ4n) is 2.02. The highest BCUT2D eigenvalue weighted by atomic mass is 16.4. The van der Waals surface area contributed by atoms with Crippen molar-refractivity contribution in [2.45, 2.75) is 45.6 Å². The third-order valence-electron chi connectivity index (χ3n) is 3.67. The Bertz CT molecular complexity index is 298. The Morgan fingerprint density at radius 2 is 2.06 bits per heavy atom. The van der Waals surface area contributed by atoms with Crippen molar-refractivity contribution in [3.05, 3.63) is 0 Å². The fourth-order valence-corrected chi connectivity index (χ4v) is 2.02. The molecule has 1 aliphatic rings. The van der Waals surface area contributed by atoms with E-state index in [1.54, 1.807) is 0 Å². The number of carboxylic acid groups (broad SMARTS) is 1. The zero-order valence-electron chi connectivity index (χ0n) is 10.5. The van der Waals surface area contributed by atoms with Crippen molar-refractivity contribution in [3.8, 4) is 0 Å². The monoisotopic (exact) mass is 242 g/mol. The first-order chi connectivity index (χ1) is 7.83. The average Bonchev–Trinajstić information content (AvgIpc) is 2.11. The highest BCUT2D eigenvalue weighted by Gasteiger charge is 2.34. The van der Waals surface area contributed by atoms with E-state index in [1.165, 1.54) is 19.3 Å². The third kappa shape index (κ3) is 4.00. The van der Waals surface area contributed by atoms with Gasteiger partial charge in [-0.05, 0) is 24.2 Å². The SMILES string of the molecule is CC(C)(CNC(=O)CC(N)C(=O)O)C1CCC1. The Balaban J connectivity index is 2.29. The summed E-state index contributed by atoms with van der Waals surface area (Å²) in [6, 6.07) is -1.11. The van der Waals surface area contributed by atoms with Gasteiger partial charge in [0.2, 0.25) is 5.91 Å². The second-order valence-corrected chi connectivity index (χ2v) is 5.54. The highest BCUT2D eigenvalue weighted by Crippen LogP contribution is 2.41. The van der Waals surface area contributed by atoms with Crippen molar-refractivity contribution < 1.29 is 14.7 Å². The summed E-state index contributed by atoms with van der Waals surface area (Å²) in [6.07, 6.45) is 3.55. The van der Waals surface area contributed by atoms with Gasteiger partial charge < -0.3 is 16.2 Å². The smallest absolute Gasteiger partial charge is 0.321 e. The predicted octanol–water partition coefficient (Wildman–Crippen LogP) is 0.731. The Morgan fingerprint density at radius 3 is 2.47 bits per heavy atom. The lowest BCUT2D eigenvalue weighted by Crippen LogP contribution is -2.43. The van der Waals surface area contributed by atoms with Gasteiger partial charge in [0.15, 0.2) is 0 Å². The molecule has 0 aliphatic heterocycles. The Kier molecular flexibility index (Phi) is 4.51. The van der Waals surface area contributed by atoms with Crippen LogP contribution in [0.25, 0.3) is 0 Å². The molecule has 5 nitrogen and oxygen atoms in total. The lowest BCUT2D eigenvalue weighted by atomic mass is 9.67. The van der Waals surface area contributed by atoms with Crippen LogP contribution in [0.5, 0.6) is 0 Å². The van der Waals surface area contributed by atoms with Crippen LogP contribution in [-0.4, -0.2) is 29.6 Å². The number of carbonyl (C=O) groups is 2. The van der Waals surface area contributed by atoms with Crippen molar-refractivity contribution in [2.24, 2.45) is 17.1 Å². The van der Waals surface area contributed by atoms with Gasteiger partial charge in [0.1, 0.15) is 6.04 Å². The molecule has 1 saturated carbocycles. The van der Waals surface area contributed by atoms with E-state index in [9.17, 15) is 9.59 Å². The van der Waals surface area contributed by atoms with E-state index in [0.717, 1.165) is 0 Å². The van der Waals surface area contributed by atoms with E-state index < -0.39 is 12.0 Å². The molecule has 1 rings (SSSR count).